The van der Waals surface area contributed by atoms with E-state index in [1.807, 2.05) is 6.07 Å². The van der Waals surface area contributed by atoms with Crippen LogP contribution in [0.5, 0.6) is 0 Å². The minimum absolute atomic E-state index is 0.521. The molecule has 78 valence electrons. The van der Waals surface area contributed by atoms with E-state index in [-0.39, 0.29) is 0 Å². The summed E-state index contributed by atoms with van der Waals surface area (Å²) < 4.78 is 0. The SMILES string of the molecule is N#Cc1ccc2[nH]cc(/C=C/[N+](=O)[O-])c2c1. The minimum Gasteiger partial charge on any atom is -0.361 e. The highest BCUT2D eigenvalue weighted by Crippen LogP contribution is 2.20. The third-order valence-corrected chi connectivity index (χ3v) is 2.22. The number of nitrogens with one attached hydrogen (secondary N) is 1. The molecule has 0 fully saturated rings. The van der Waals surface area contributed by atoms with E-state index in [4.69, 9.17) is 5.26 Å². The molecule has 0 saturated carbocycles. The molecule has 1 aromatic carbocycles. The number of benzene rings is 1. The lowest BCUT2D eigenvalue weighted by Crippen LogP contribution is -1.81. The Balaban J connectivity index is 2.55. The number of aromatic amines is 1. The van der Waals surface area contributed by atoms with Gasteiger partial charge in [0, 0.05) is 28.7 Å². The molecular formula is C11H7N3O2. The van der Waals surface area contributed by atoms with Gasteiger partial charge in [-0.15, -0.1) is 0 Å². The molecule has 16 heavy (non-hydrogen) atoms. The highest BCUT2D eigenvalue weighted by Gasteiger charge is 2.03. The van der Waals surface area contributed by atoms with E-state index < -0.39 is 4.92 Å². The average molecular weight is 213 g/mol. The van der Waals surface area contributed by atoms with Crippen molar-refractivity contribution in [3.8, 4) is 6.07 Å². The van der Waals surface area contributed by atoms with Crippen LogP contribution in [0, 0.1) is 21.4 Å². The molecule has 0 amide bonds. The summed E-state index contributed by atoms with van der Waals surface area (Å²) in [4.78, 5) is 12.7. The molecule has 0 bridgehead atoms. The van der Waals surface area contributed by atoms with Crippen molar-refractivity contribution in [3.05, 3.63) is 51.8 Å². The lowest BCUT2D eigenvalue weighted by atomic mass is 10.1. The van der Waals surface area contributed by atoms with Crippen LogP contribution >= 0.6 is 0 Å². The van der Waals surface area contributed by atoms with Crippen molar-refractivity contribution in [2.75, 3.05) is 0 Å². The number of hydrogen-bond acceptors (Lipinski definition) is 3. The Bertz CT molecular complexity index is 620. The topological polar surface area (TPSA) is 82.7 Å². The van der Waals surface area contributed by atoms with E-state index in [0.717, 1.165) is 17.1 Å². The molecule has 0 aliphatic carbocycles. The van der Waals surface area contributed by atoms with Crippen LogP contribution in [0.1, 0.15) is 11.1 Å². The smallest absolute Gasteiger partial charge is 0.235 e. The first-order valence-corrected chi connectivity index (χ1v) is 4.53. The van der Waals surface area contributed by atoms with Gasteiger partial charge in [0.25, 0.3) is 0 Å². The van der Waals surface area contributed by atoms with Crippen LogP contribution in [-0.2, 0) is 0 Å². The van der Waals surface area contributed by atoms with Crippen LogP contribution in [0.4, 0.5) is 0 Å². The molecule has 2 rings (SSSR count). The molecule has 1 N–H and O–H groups in total. The fourth-order valence-electron chi connectivity index (χ4n) is 1.49. The molecule has 5 heteroatoms. The van der Waals surface area contributed by atoms with Crippen molar-refractivity contribution in [2.24, 2.45) is 0 Å². The fourth-order valence-corrected chi connectivity index (χ4v) is 1.49. The third kappa shape index (κ3) is 1.77. The first kappa shape index (κ1) is 9.93. The molecule has 2 aromatic rings. The van der Waals surface area contributed by atoms with Gasteiger partial charge >= 0.3 is 0 Å². The highest BCUT2D eigenvalue weighted by molar-refractivity contribution is 5.89. The maximum absolute atomic E-state index is 10.2. The van der Waals surface area contributed by atoms with Crippen molar-refractivity contribution in [1.82, 2.24) is 4.98 Å². The van der Waals surface area contributed by atoms with Crippen molar-refractivity contribution in [2.45, 2.75) is 0 Å². The van der Waals surface area contributed by atoms with Gasteiger partial charge in [-0.2, -0.15) is 5.26 Å². The second kappa shape index (κ2) is 3.87. The van der Waals surface area contributed by atoms with Gasteiger partial charge in [0.15, 0.2) is 0 Å². The number of fused-ring (bicyclic) bond motifs is 1. The Morgan fingerprint density at radius 3 is 3.00 bits per heavy atom. The number of nitro groups is 1. The van der Waals surface area contributed by atoms with Crippen molar-refractivity contribution in [3.63, 3.8) is 0 Å². The van der Waals surface area contributed by atoms with E-state index in [2.05, 4.69) is 4.98 Å². The van der Waals surface area contributed by atoms with Crippen LogP contribution in [0.25, 0.3) is 17.0 Å². The number of hydrogen-bond donors (Lipinski definition) is 1. The number of nitrogens with zero attached hydrogens (tertiary/aromatic N) is 2. The van der Waals surface area contributed by atoms with Gasteiger partial charge in [-0.1, -0.05) is 0 Å². The largest absolute Gasteiger partial charge is 0.361 e. The summed E-state index contributed by atoms with van der Waals surface area (Å²) in [6.07, 6.45) is 3.95. The molecule has 0 atom stereocenters. The summed E-state index contributed by atoms with van der Waals surface area (Å²) in [5, 5.41) is 19.8. The third-order valence-electron chi connectivity index (χ3n) is 2.22. The van der Waals surface area contributed by atoms with Crippen LogP contribution < -0.4 is 0 Å². The van der Waals surface area contributed by atoms with Crippen molar-refractivity contribution < 1.29 is 4.92 Å². The highest BCUT2D eigenvalue weighted by atomic mass is 16.6. The quantitative estimate of drug-likeness (QED) is 0.613. The van der Waals surface area contributed by atoms with Crippen molar-refractivity contribution in [1.29, 1.82) is 5.26 Å². The van der Waals surface area contributed by atoms with Crippen LogP contribution in [0.15, 0.2) is 30.6 Å². The van der Waals surface area contributed by atoms with E-state index in [1.54, 1.807) is 24.4 Å². The zero-order chi connectivity index (χ0) is 11.5. The number of H-pyrrole nitrogens is 1. The summed E-state index contributed by atoms with van der Waals surface area (Å²) in [5.41, 5.74) is 2.08. The Morgan fingerprint density at radius 1 is 1.50 bits per heavy atom. The number of rotatable bonds is 2. The molecule has 1 aromatic heterocycles. The normalized spacial score (nSPS) is 10.7. The van der Waals surface area contributed by atoms with Crippen LogP contribution in [0.2, 0.25) is 0 Å². The van der Waals surface area contributed by atoms with Gasteiger partial charge in [-0.25, -0.2) is 0 Å². The Kier molecular flexibility index (Phi) is 2.40. The van der Waals surface area contributed by atoms with E-state index >= 15 is 0 Å². The van der Waals surface area contributed by atoms with Gasteiger partial charge in [0.2, 0.25) is 6.20 Å². The van der Waals surface area contributed by atoms with Crippen LogP contribution in [0.3, 0.4) is 0 Å². The Hall–Kier alpha value is -2.61. The van der Waals surface area contributed by atoms with Gasteiger partial charge in [-0.3, -0.25) is 10.1 Å². The molecule has 0 spiro atoms. The number of nitriles is 1. The Labute approximate surface area is 90.8 Å². The van der Waals surface area contributed by atoms with Gasteiger partial charge in [0.1, 0.15) is 0 Å². The summed E-state index contributed by atoms with van der Waals surface area (Å²) in [6, 6.07) is 7.20. The van der Waals surface area contributed by atoms with Crippen molar-refractivity contribution >= 4 is 17.0 Å². The summed E-state index contributed by atoms with van der Waals surface area (Å²) in [6.45, 7) is 0. The predicted molar refractivity (Wildman–Crippen MR) is 59.0 cm³/mol. The lowest BCUT2D eigenvalue weighted by molar-refractivity contribution is -0.400. The summed E-state index contributed by atoms with van der Waals surface area (Å²) >= 11 is 0. The standard InChI is InChI=1S/C11H7N3O2/c12-6-8-1-2-11-10(5-8)9(7-13-11)3-4-14(15)16/h1-5,7,13H/b4-3+. The average Bonchev–Trinajstić information content (AvgIpc) is 2.68. The number of aromatic nitrogens is 1. The van der Waals surface area contributed by atoms with E-state index in [9.17, 15) is 10.1 Å². The molecular weight excluding hydrogens is 206 g/mol. The first-order valence-electron chi connectivity index (χ1n) is 4.53. The molecule has 1 heterocycles. The molecule has 0 radical (unpaired) electrons. The first-order chi connectivity index (χ1) is 7.70. The molecule has 0 aliphatic heterocycles. The zero-order valence-corrected chi connectivity index (χ0v) is 8.18. The maximum atomic E-state index is 10.2. The molecule has 5 nitrogen and oxygen atoms in total. The van der Waals surface area contributed by atoms with Crippen LogP contribution in [-0.4, -0.2) is 9.91 Å². The monoisotopic (exact) mass is 213 g/mol. The molecule has 0 unspecified atom stereocenters. The summed E-state index contributed by atoms with van der Waals surface area (Å²) in [5.74, 6) is 0. The minimum atomic E-state index is -0.521. The second-order valence-electron chi connectivity index (χ2n) is 3.22. The lowest BCUT2D eigenvalue weighted by Gasteiger charge is -1.92. The van der Waals surface area contributed by atoms with Gasteiger partial charge in [0.05, 0.1) is 16.6 Å². The Morgan fingerprint density at radius 2 is 2.31 bits per heavy atom. The predicted octanol–water partition coefficient (Wildman–Crippen LogP) is 2.29. The second-order valence-corrected chi connectivity index (χ2v) is 3.22. The zero-order valence-electron chi connectivity index (χ0n) is 8.18. The maximum Gasteiger partial charge on any atom is 0.235 e. The summed E-state index contributed by atoms with van der Waals surface area (Å²) in [7, 11) is 0. The molecule has 0 aliphatic rings. The molecule has 0 saturated heterocycles. The fraction of sp³-hybridized carbons (Fsp3) is 0. The van der Waals surface area contributed by atoms with E-state index in [0.29, 0.717) is 11.1 Å². The van der Waals surface area contributed by atoms with Gasteiger partial charge in [-0.05, 0) is 18.2 Å². The van der Waals surface area contributed by atoms with E-state index in [1.165, 1.54) is 6.08 Å². The van der Waals surface area contributed by atoms with Gasteiger partial charge < -0.3 is 4.98 Å².